The van der Waals surface area contributed by atoms with Crippen molar-refractivity contribution < 1.29 is 9.16 Å². The summed E-state index contributed by atoms with van der Waals surface area (Å²) in [5, 5.41) is 11.8. The lowest BCUT2D eigenvalue weighted by Crippen LogP contribution is -1.99. The van der Waals surface area contributed by atoms with Crippen molar-refractivity contribution >= 4 is 11.9 Å². The van der Waals surface area contributed by atoms with E-state index >= 15 is 0 Å². The second kappa shape index (κ2) is 4.23. The zero-order chi connectivity index (χ0) is 11.5. The van der Waals surface area contributed by atoms with Gasteiger partial charge in [-0.25, -0.2) is 0 Å². The van der Waals surface area contributed by atoms with Gasteiger partial charge in [0.05, 0.1) is 0 Å². The molecule has 0 aliphatic heterocycles. The van der Waals surface area contributed by atoms with Crippen LogP contribution in [0, 0.1) is 19.1 Å². The average molecular weight is 215 g/mol. The van der Waals surface area contributed by atoms with E-state index in [0.717, 1.165) is 16.1 Å². The summed E-state index contributed by atoms with van der Waals surface area (Å²) in [6.45, 7) is 3.75. The van der Waals surface area contributed by atoms with E-state index in [9.17, 15) is 5.21 Å². The Bertz CT molecular complexity index is 526. The van der Waals surface area contributed by atoms with E-state index in [1.54, 1.807) is 12.1 Å². The van der Waals surface area contributed by atoms with E-state index in [1.807, 2.05) is 38.1 Å². The van der Waals surface area contributed by atoms with Crippen LogP contribution in [0.25, 0.3) is 0 Å². The van der Waals surface area contributed by atoms with E-state index in [4.69, 9.17) is 4.42 Å². The molecule has 0 aliphatic carbocycles. The molecule has 0 N–H and O–H groups in total. The van der Waals surface area contributed by atoms with Crippen LogP contribution in [-0.4, -0.2) is 11.0 Å². The molecule has 0 atom stereocenters. The van der Waals surface area contributed by atoms with Crippen molar-refractivity contribution in [2.75, 3.05) is 0 Å². The van der Waals surface area contributed by atoms with Crippen molar-refractivity contribution in [1.82, 2.24) is 0 Å². The minimum absolute atomic E-state index is 0.566. The van der Waals surface area contributed by atoms with Gasteiger partial charge in [-0.3, -0.25) is 0 Å². The molecule has 0 fully saturated rings. The smallest absolute Gasteiger partial charge is 0.223 e. The Morgan fingerprint density at radius 3 is 2.50 bits per heavy atom. The van der Waals surface area contributed by atoms with Crippen LogP contribution in [0.3, 0.4) is 0 Å². The summed E-state index contributed by atoms with van der Waals surface area (Å²) in [4.78, 5) is 0. The van der Waals surface area contributed by atoms with Crippen LogP contribution in [-0.2, 0) is 0 Å². The highest BCUT2D eigenvalue weighted by Crippen LogP contribution is 2.16. The zero-order valence-electron chi connectivity index (χ0n) is 9.31. The molecule has 3 nitrogen and oxygen atoms in total. The lowest BCUT2D eigenvalue weighted by Gasteiger charge is -2.04. The number of aryl methyl sites for hydroxylation is 2. The summed E-state index contributed by atoms with van der Waals surface area (Å²) in [5.41, 5.74) is 1.58. The number of nitrogens with zero attached hydrogens (tertiary/aromatic N) is 1. The summed E-state index contributed by atoms with van der Waals surface area (Å²) >= 11 is 0. The van der Waals surface area contributed by atoms with Crippen LogP contribution in [0.4, 0.5) is 5.69 Å². The molecule has 0 aliphatic rings. The van der Waals surface area contributed by atoms with Crippen molar-refractivity contribution in [1.29, 1.82) is 0 Å². The quantitative estimate of drug-likeness (QED) is 0.334. The maximum Gasteiger partial charge on any atom is 0.223 e. The van der Waals surface area contributed by atoms with Crippen molar-refractivity contribution in [3.05, 3.63) is 58.7 Å². The third-order valence-electron chi connectivity index (χ3n) is 2.36. The normalized spacial score (nSPS) is 11.8. The predicted molar refractivity (Wildman–Crippen MR) is 63.1 cm³/mol. The van der Waals surface area contributed by atoms with E-state index in [-0.39, 0.29) is 0 Å². The van der Waals surface area contributed by atoms with Crippen molar-refractivity contribution in [3.63, 3.8) is 0 Å². The number of para-hydroxylation sites is 1. The number of benzene rings is 1. The zero-order valence-corrected chi connectivity index (χ0v) is 9.31. The Morgan fingerprint density at radius 2 is 1.88 bits per heavy atom. The van der Waals surface area contributed by atoms with Crippen LogP contribution in [0.15, 0.2) is 40.8 Å². The SMILES string of the molecule is Cc1ccc(/C=[N+](\[O-])c2ccccc2C)o1. The maximum absolute atomic E-state index is 11.8. The van der Waals surface area contributed by atoms with Crippen molar-refractivity contribution in [2.24, 2.45) is 0 Å². The first-order valence-electron chi connectivity index (χ1n) is 5.10. The minimum Gasteiger partial charge on any atom is -0.618 e. The number of furan rings is 1. The van der Waals surface area contributed by atoms with Crippen LogP contribution in [0.2, 0.25) is 0 Å². The Kier molecular flexibility index (Phi) is 2.77. The Morgan fingerprint density at radius 1 is 1.12 bits per heavy atom. The van der Waals surface area contributed by atoms with Gasteiger partial charge < -0.3 is 9.62 Å². The summed E-state index contributed by atoms with van der Waals surface area (Å²) < 4.78 is 6.15. The Labute approximate surface area is 94.2 Å². The number of rotatable bonds is 2. The highest BCUT2D eigenvalue weighted by Gasteiger charge is 2.06. The molecule has 0 bridgehead atoms. The van der Waals surface area contributed by atoms with Gasteiger partial charge in [-0.1, -0.05) is 18.2 Å². The molecule has 3 heteroatoms. The molecule has 1 aromatic carbocycles. The second-order valence-electron chi connectivity index (χ2n) is 3.69. The molecule has 0 saturated carbocycles. The van der Waals surface area contributed by atoms with Gasteiger partial charge in [-0.05, 0) is 26.0 Å². The Hall–Kier alpha value is -2.03. The fraction of sp³-hybridized carbons (Fsp3) is 0.154. The standard InChI is InChI=1S/C13H13NO2/c1-10-5-3-4-6-13(10)14(15)9-12-8-7-11(2)16-12/h3-9H,1-2H3/b14-9-. The molecule has 82 valence electrons. The molecule has 0 radical (unpaired) electrons. The average Bonchev–Trinajstić information content (AvgIpc) is 2.64. The first-order chi connectivity index (χ1) is 7.66. The molecule has 1 aromatic heterocycles. The lowest BCUT2D eigenvalue weighted by atomic mass is 10.2. The van der Waals surface area contributed by atoms with Crippen molar-refractivity contribution in [3.8, 4) is 0 Å². The highest BCUT2D eigenvalue weighted by molar-refractivity contribution is 5.72. The third-order valence-corrected chi connectivity index (χ3v) is 2.36. The molecule has 0 amide bonds. The second-order valence-corrected chi connectivity index (χ2v) is 3.69. The fourth-order valence-corrected chi connectivity index (χ4v) is 1.52. The van der Waals surface area contributed by atoms with Crippen LogP contribution < -0.4 is 0 Å². The van der Waals surface area contributed by atoms with Crippen molar-refractivity contribution in [2.45, 2.75) is 13.8 Å². The topological polar surface area (TPSA) is 39.2 Å². The highest BCUT2D eigenvalue weighted by atomic mass is 16.5. The monoisotopic (exact) mass is 215 g/mol. The summed E-state index contributed by atoms with van der Waals surface area (Å²) in [6, 6.07) is 11.0. The van der Waals surface area contributed by atoms with E-state index in [2.05, 4.69) is 0 Å². The first-order valence-corrected chi connectivity index (χ1v) is 5.10. The number of hydrogen-bond donors (Lipinski definition) is 0. The molecular weight excluding hydrogens is 202 g/mol. The fourth-order valence-electron chi connectivity index (χ4n) is 1.52. The molecule has 2 rings (SSSR count). The van der Waals surface area contributed by atoms with E-state index < -0.39 is 0 Å². The molecule has 1 heterocycles. The van der Waals surface area contributed by atoms with Gasteiger partial charge in [0.2, 0.25) is 11.9 Å². The van der Waals surface area contributed by atoms with E-state index in [0.29, 0.717) is 11.4 Å². The molecule has 2 aromatic rings. The molecular formula is C13H13NO2. The summed E-state index contributed by atoms with van der Waals surface area (Å²) in [5.74, 6) is 1.36. The predicted octanol–water partition coefficient (Wildman–Crippen LogP) is 3.16. The van der Waals surface area contributed by atoms with Gasteiger partial charge in [-0.15, -0.1) is 0 Å². The summed E-state index contributed by atoms with van der Waals surface area (Å²) in [7, 11) is 0. The molecule has 0 unspecified atom stereocenters. The van der Waals surface area contributed by atoms with Crippen LogP contribution >= 0.6 is 0 Å². The molecule has 0 spiro atoms. The summed E-state index contributed by atoms with van der Waals surface area (Å²) in [6.07, 6.45) is 1.44. The van der Waals surface area contributed by atoms with Gasteiger partial charge >= 0.3 is 0 Å². The number of hydrogen-bond acceptors (Lipinski definition) is 2. The van der Waals surface area contributed by atoms with Gasteiger partial charge in [0.25, 0.3) is 0 Å². The van der Waals surface area contributed by atoms with Gasteiger partial charge in [0, 0.05) is 11.6 Å². The Balaban J connectivity index is 2.35. The van der Waals surface area contributed by atoms with Gasteiger partial charge in [0.1, 0.15) is 5.76 Å². The van der Waals surface area contributed by atoms with E-state index in [1.165, 1.54) is 6.21 Å². The largest absolute Gasteiger partial charge is 0.618 e. The van der Waals surface area contributed by atoms with Gasteiger partial charge in [-0.2, -0.15) is 4.74 Å². The van der Waals surface area contributed by atoms with Crippen LogP contribution in [0.1, 0.15) is 17.1 Å². The third kappa shape index (κ3) is 2.14. The van der Waals surface area contributed by atoms with Gasteiger partial charge in [0.15, 0.2) is 5.76 Å². The lowest BCUT2D eigenvalue weighted by molar-refractivity contribution is -0.355. The minimum atomic E-state index is 0.566. The first kappa shape index (κ1) is 10.5. The van der Waals surface area contributed by atoms with Crippen LogP contribution in [0.5, 0.6) is 0 Å². The molecule has 16 heavy (non-hydrogen) atoms. The maximum atomic E-state index is 11.8. The molecule has 0 saturated heterocycles.